The molecule has 0 saturated heterocycles. The van der Waals surface area contributed by atoms with Gasteiger partial charge in [0.15, 0.2) is 0 Å². The fourth-order valence-electron chi connectivity index (χ4n) is 0. The molecule has 6 nitrogen and oxygen atoms in total. The van der Waals surface area contributed by atoms with Gasteiger partial charge in [0.25, 0.3) is 0 Å². The van der Waals surface area contributed by atoms with E-state index in [1.165, 1.54) is 0 Å². The van der Waals surface area contributed by atoms with Crippen molar-refractivity contribution in [2.24, 2.45) is 0 Å². The van der Waals surface area contributed by atoms with Gasteiger partial charge in [-0.25, -0.2) is 9.59 Å². The van der Waals surface area contributed by atoms with Crippen molar-refractivity contribution in [3.05, 3.63) is 0 Å². The zero-order valence-corrected chi connectivity index (χ0v) is 5.16. The summed E-state index contributed by atoms with van der Waals surface area (Å²) in [6, 6.07) is 0. The van der Waals surface area contributed by atoms with Crippen molar-refractivity contribution in [2.75, 3.05) is 0 Å². The monoisotopic (exact) mass is 179 g/mol. The van der Waals surface area contributed by atoms with E-state index in [0.29, 0.717) is 0 Å². The van der Waals surface area contributed by atoms with E-state index in [0.717, 1.165) is 0 Å². The van der Waals surface area contributed by atoms with Crippen molar-refractivity contribution >= 4 is 12.3 Å². The van der Waals surface area contributed by atoms with Crippen LogP contribution in [0.3, 0.4) is 0 Å². The topological polar surface area (TPSA) is 115 Å². The van der Waals surface area contributed by atoms with Crippen LogP contribution in [0.5, 0.6) is 0 Å². The van der Waals surface area contributed by atoms with Gasteiger partial charge in [-0.1, -0.05) is 0 Å². The molecule has 9 heavy (non-hydrogen) atoms. The first-order valence-corrected chi connectivity index (χ1v) is 1.30. The fourth-order valence-corrected chi connectivity index (χ4v) is 0. The molecule has 0 fully saturated rings. The fraction of sp³-hybridized carbons (Fsp3) is 0. The summed E-state index contributed by atoms with van der Waals surface area (Å²) >= 11 is 0. The molecule has 0 aromatic carbocycles. The Balaban J connectivity index is -0.0000000720. The number of rotatable bonds is 0. The standard InChI is InChI=1S/2CH2O3.Mn/c2*2-1(3)4;/h2*(H2,2,3,4);. The second kappa shape index (κ2) is 10.1. The van der Waals surface area contributed by atoms with Crippen molar-refractivity contribution in [3.8, 4) is 0 Å². The summed E-state index contributed by atoms with van der Waals surface area (Å²) in [5, 5.41) is 27.9. The molecule has 0 aliphatic carbocycles. The molecule has 7 heteroatoms. The van der Waals surface area contributed by atoms with E-state index in [9.17, 15) is 0 Å². The molecular formula is C2H4MnO6. The van der Waals surface area contributed by atoms with Crippen LogP contribution < -0.4 is 0 Å². The Labute approximate surface area is 60.2 Å². The van der Waals surface area contributed by atoms with Gasteiger partial charge in [0.2, 0.25) is 0 Å². The molecule has 0 saturated carbocycles. The molecule has 0 rings (SSSR count). The Hall–Kier alpha value is -0.941. The molecule has 0 aliphatic rings. The SMILES string of the molecule is O=C(O)O.O=C(O)O.[Mn]. The minimum absolute atomic E-state index is 0. The third-order valence-corrected chi connectivity index (χ3v) is 0. The molecule has 0 atom stereocenters. The van der Waals surface area contributed by atoms with Crippen LogP contribution in [-0.4, -0.2) is 32.7 Å². The van der Waals surface area contributed by atoms with Gasteiger partial charge in [-0.05, 0) is 0 Å². The number of hydrogen-bond acceptors (Lipinski definition) is 2. The van der Waals surface area contributed by atoms with Gasteiger partial charge in [-0.15, -0.1) is 0 Å². The normalized spacial score (nSPS) is 5.33. The summed E-state index contributed by atoms with van der Waals surface area (Å²) in [5.41, 5.74) is 0. The van der Waals surface area contributed by atoms with Crippen LogP contribution in [0.15, 0.2) is 0 Å². The van der Waals surface area contributed by atoms with E-state index in [-0.39, 0.29) is 17.1 Å². The van der Waals surface area contributed by atoms with Crippen LogP contribution in [-0.2, 0) is 17.1 Å². The Kier molecular flexibility index (Phi) is 17.7. The molecule has 0 aromatic heterocycles. The summed E-state index contributed by atoms with van der Waals surface area (Å²) in [6.45, 7) is 0. The Morgan fingerprint density at radius 1 is 0.778 bits per heavy atom. The van der Waals surface area contributed by atoms with Crippen LogP contribution in [0, 0.1) is 0 Å². The summed E-state index contributed by atoms with van der Waals surface area (Å²) in [5.74, 6) is 0. The molecule has 0 aliphatic heterocycles. The van der Waals surface area contributed by atoms with Gasteiger partial charge in [0.1, 0.15) is 0 Å². The number of carbonyl (C=O) groups is 2. The molecule has 1 radical (unpaired) electrons. The largest absolute Gasteiger partial charge is 0.503 e. The third-order valence-electron chi connectivity index (χ3n) is 0. The van der Waals surface area contributed by atoms with Crippen molar-refractivity contribution in [1.82, 2.24) is 0 Å². The van der Waals surface area contributed by atoms with E-state index in [2.05, 4.69) is 0 Å². The van der Waals surface area contributed by atoms with E-state index in [1.54, 1.807) is 0 Å². The van der Waals surface area contributed by atoms with Gasteiger partial charge < -0.3 is 20.4 Å². The summed E-state index contributed by atoms with van der Waals surface area (Å²) in [7, 11) is 0. The zero-order valence-electron chi connectivity index (χ0n) is 3.98. The number of carboxylic acid groups (broad SMARTS) is 4. The quantitative estimate of drug-likeness (QED) is 0.401. The first kappa shape index (κ1) is 15.7. The molecule has 4 N–H and O–H groups in total. The predicted octanol–water partition coefficient (Wildman–Crippen LogP) is 0.442. The van der Waals surface area contributed by atoms with Crippen LogP contribution in [0.4, 0.5) is 9.59 Å². The van der Waals surface area contributed by atoms with Gasteiger partial charge in [0, 0.05) is 17.1 Å². The first-order chi connectivity index (χ1) is 3.46. The summed E-state index contributed by atoms with van der Waals surface area (Å²) < 4.78 is 0. The maximum atomic E-state index is 8.56. The van der Waals surface area contributed by atoms with Crippen LogP contribution in [0.1, 0.15) is 0 Å². The molecule has 55 valence electrons. The Morgan fingerprint density at radius 2 is 0.778 bits per heavy atom. The zero-order chi connectivity index (χ0) is 7.15. The van der Waals surface area contributed by atoms with Crippen LogP contribution in [0.25, 0.3) is 0 Å². The van der Waals surface area contributed by atoms with E-state index >= 15 is 0 Å². The predicted molar refractivity (Wildman–Crippen MR) is 21.3 cm³/mol. The molecule has 0 aromatic rings. The van der Waals surface area contributed by atoms with Gasteiger partial charge in [0.05, 0.1) is 0 Å². The average Bonchev–Trinajstić information content (AvgIpc) is 1.25. The first-order valence-electron chi connectivity index (χ1n) is 1.30. The summed E-state index contributed by atoms with van der Waals surface area (Å²) in [6.07, 6.45) is -3.67. The van der Waals surface area contributed by atoms with Gasteiger partial charge in [-0.2, -0.15) is 0 Å². The number of hydrogen-bond donors (Lipinski definition) is 4. The van der Waals surface area contributed by atoms with E-state index < -0.39 is 12.3 Å². The molecule has 0 bridgehead atoms. The minimum atomic E-state index is -1.83. The molecular weight excluding hydrogens is 175 g/mol. The molecule has 0 unspecified atom stereocenters. The average molecular weight is 179 g/mol. The van der Waals surface area contributed by atoms with Crippen molar-refractivity contribution in [2.45, 2.75) is 0 Å². The van der Waals surface area contributed by atoms with Crippen LogP contribution >= 0.6 is 0 Å². The van der Waals surface area contributed by atoms with Gasteiger partial charge >= 0.3 is 12.3 Å². The minimum Gasteiger partial charge on any atom is -0.450 e. The molecule has 0 spiro atoms. The van der Waals surface area contributed by atoms with E-state index in [4.69, 9.17) is 30.0 Å². The van der Waals surface area contributed by atoms with Crippen molar-refractivity contribution in [1.29, 1.82) is 0 Å². The Bertz CT molecular complexity index is 69.1. The maximum absolute atomic E-state index is 8.56. The van der Waals surface area contributed by atoms with Crippen molar-refractivity contribution in [3.63, 3.8) is 0 Å². The van der Waals surface area contributed by atoms with Crippen molar-refractivity contribution < 1.29 is 47.1 Å². The van der Waals surface area contributed by atoms with Gasteiger partial charge in [-0.3, -0.25) is 0 Å². The van der Waals surface area contributed by atoms with E-state index in [1.807, 2.05) is 0 Å². The molecule has 0 amide bonds. The second-order valence-electron chi connectivity index (χ2n) is 0.565. The Morgan fingerprint density at radius 3 is 0.778 bits per heavy atom. The maximum Gasteiger partial charge on any atom is 0.503 e. The molecule has 0 heterocycles. The second-order valence-corrected chi connectivity index (χ2v) is 0.565. The third kappa shape index (κ3) is 204. The smallest absolute Gasteiger partial charge is 0.450 e. The summed E-state index contributed by atoms with van der Waals surface area (Å²) in [4.78, 5) is 17.1. The van der Waals surface area contributed by atoms with Crippen LogP contribution in [0.2, 0.25) is 0 Å².